The van der Waals surface area contributed by atoms with Crippen molar-refractivity contribution in [2.75, 3.05) is 32.5 Å². The maximum Gasteiger partial charge on any atom is 0.178 e. The number of aliphatic hydroxyl groups is 1. The zero-order chi connectivity index (χ0) is 19.5. The third kappa shape index (κ3) is 3.56. The predicted octanol–water partition coefficient (Wildman–Crippen LogP) is 3.63. The topological polar surface area (TPSA) is 77.1 Å². The van der Waals surface area contributed by atoms with Crippen molar-refractivity contribution in [3.63, 3.8) is 0 Å². The molecule has 6 heteroatoms. The highest BCUT2D eigenvalue weighted by atomic mass is 16.3. The first kappa shape index (κ1) is 18.4. The van der Waals surface area contributed by atoms with Crippen molar-refractivity contribution in [1.29, 1.82) is 0 Å². The molecule has 0 bridgehead atoms. The summed E-state index contributed by atoms with van der Waals surface area (Å²) in [5.41, 5.74) is 3.44. The van der Waals surface area contributed by atoms with E-state index >= 15 is 0 Å². The van der Waals surface area contributed by atoms with Gasteiger partial charge in [-0.15, -0.1) is 0 Å². The number of fused-ring (bicyclic) bond motifs is 2. The van der Waals surface area contributed by atoms with E-state index in [4.69, 9.17) is 9.97 Å². The van der Waals surface area contributed by atoms with E-state index in [1.807, 2.05) is 48.5 Å². The quantitative estimate of drug-likeness (QED) is 0.430. The van der Waals surface area contributed by atoms with Gasteiger partial charge in [0, 0.05) is 28.4 Å². The molecule has 2 aromatic carbocycles. The second-order valence-corrected chi connectivity index (χ2v) is 7.18. The van der Waals surface area contributed by atoms with E-state index in [0.29, 0.717) is 5.82 Å². The number of benzene rings is 2. The van der Waals surface area contributed by atoms with E-state index in [9.17, 15) is 5.11 Å². The molecule has 6 nitrogen and oxygen atoms in total. The van der Waals surface area contributed by atoms with Gasteiger partial charge < -0.3 is 20.3 Å². The Morgan fingerprint density at radius 2 is 1.75 bits per heavy atom. The molecular weight excluding hydrogens is 350 g/mol. The van der Waals surface area contributed by atoms with Gasteiger partial charge in [-0.1, -0.05) is 30.3 Å². The zero-order valence-electron chi connectivity index (χ0n) is 16.2. The lowest BCUT2D eigenvalue weighted by Crippen LogP contribution is -2.17. The van der Waals surface area contributed by atoms with Gasteiger partial charge in [0.1, 0.15) is 5.82 Å². The Hall–Kier alpha value is -2.96. The number of aromatic amines is 1. The summed E-state index contributed by atoms with van der Waals surface area (Å²) in [6, 6.07) is 16.0. The van der Waals surface area contributed by atoms with Gasteiger partial charge in [-0.25, -0.2) is 9.97 Å². The molecule has 2 aromatic heterocycles. The molecule has 3 N–H and O–H groups in total. The number of hydrogen-bond acceptors (Lipinski definition) is 5. The van der Waals surface area contributed by atoms with Crippen LogP contribution in [-0.2, 0) is 6.61 Å². The molecule has 0 unspecified atom stereocenters. The van der Waals surface area contributed by atoms with Crippen LogP contribution in [-0.4, -0.2) is 52.1 Å². The summed E-state index contributed by atoms with van der Waals surface area (Å²) in [6.07, 6.45) is 1.02. The smallest absolute Gasteiger partial charge is 0.178 e. The Kier molecular flexibility index (Phi) is 5.23. The Bertz CT molecular complexity index is 1100. The van der Waals surface area contributed by atoms with Crippen molar-refractivity contribution in [2.45, 2.75) is 13.0 Å². The Morgan fingerprint density at radius 1 is 1.00 bits per heavy atom. The van der Waals surface area contributed by atoms with Crippen molar-refractivity contribution < 1.29 is 5.11 Å². The van der Waals surface area contributed by atoms with E-state index in [2.05, 4.69) is 29.3 Å². The number of para-hydroxylation sites is 2. The lowest BCUT2D eigenvalue weighted by molar-refractivity contribution is 0.284. The maximum atomic E-state index is 9.98. The van der Waals surface area contributed by atoms with Crippen LogP contribution in [0.4, 0.5) is 5.82 Å². The van der Waals surface area contributed by atoms with Crippen molar-refractivity contribution in [2.24, 2.45) is 0 Å². The first-order valence-corrected chi connectivity index (χ1v) is 9.53. The van der Waals surface area contributed by atoms with E-state index in [-0.39, 0.29) is 6.61 Å². The van der Waals surface area contributed by atoms with Gasteiger partial charge in [-0.2, -0.15) is 0 Å². The minimum Gasteiger partial charge on any atom is -0.392 e. The standard InChI is InChI=1S/C22H25N5O/c1-27(2)13-7-12-23-21-16-9-4-6-11-19(16)25-22(26-21)20-17(14-28)15-8-3-5-10-18(15)24-20/h3-6,8-11,24,28H,7,12-14H2,1-2H3,(H,23,25,26). The number of anilines is 1. The van der Waals surface area contributed by atoms with Crippen LogP contribution < -0.4 is 5.32 Å². The molecular formula is C22H25N5O. The first-order chi connectivity index (χ1) is 13.7. The van der Waals surface area contributed by atoms with Crippen LogP contribution in [0.25, 0.3) is 33.3 Å². The van der Waals surface area contributed by atoms with E-state index in [1.165, 1.54) is 0 Å². The summed E-state index contributed by atoms with van der Waals surface area (Å²) in [4.78, 5) is 15.1. The van der Waals surface area contributed by atoms with Crippen molar-refractivity contribution in [3.8, 4) is 11.5 Å². The predicted molar refractivity (Wildman–Crippen MR) is 114 cm³/mol. The van der Waals surface area contributed by atoms with Crippen LogP contribution in [0.15, 0.2) is 48.5 Å². The van der Waals surface area contributed by atoms with Gasteiger partial charge >= 0.3 is 0 Å². The number of nitrogens with one attached hydrogen (secondary N) is 2. The lowest BCUT2D eigenvalue weighted by atomic mass is 10.1. The maximum absolute atomic E-state index is 9.98. The van der Waals surface area contributed by atoms with Gasteiger partial charge in [0.05, 0.1) is 17.8 Å². The molecule has 4 rings (SSSR count). The van der Waals surface area contributed by atoms with E-state index in [0.717, 1.165) is 58.4 Å². The van der Waals surface area contributed by atoms with Gasteiger partial charge in [-0.05, 0) is 45.3 Å². The van der Waals surface area contributed by atoms with Crippen molar-refractivity contribution in [1.82, 2.24) is 19.9 Å². The van der Waals surface area contributed by atoms with Crippen molar-refractivity contribution >= 4 is 27.6 Å². The fourth-order valence-corrected chi connectivity index (χ4v) is 3.48. The molecule has 28 heavy (non-hydrogen) atoms. The number of rotatable bonds is 7. The third-order valence-corrected chi connectivity index (χ3v) is 4.87. The third-order valence-electron chi connectivity index (χ3n) is 4.87. The van der Waals surface area contributed by atoms with Gasteiger partial charge in [0.15, 0.2) is 5.82 Å². The van der Waals surface area contributed by atoms with Crippen LogP contribution in [0.1, 0.15) is 12.0 Å². The number of hydrogen-bond donors (Lipinski definition) is 3. The second kappa shape index (κ2) is 7.96. The monoisotopic (exact) mass is 375 g/mol. The molecule has 0 radical (unpaired) electrons. The minimum atomic E-state index is -0.0683. The summed E-state index contributed by atoms with van der Waals surface area (Å²) in [7, 11) is 4.15. The average Bonchev–Trinajstić information content (AvgIpc) is 3.09. The van der Waals surface area contributed by atoms with Gasteiger partial charge in [0.25, 0.3) is 0 Å². The minimum absolute atomic E-state index is 0.0683. The Labute approximate surface area is 164 Å². The van der Waals surface area contributed by atoms with Crippen LogP contribution >= 0.6 is 0 Å². The number of nitrogens with zero attached hydrogens (tertiary/aromatic N) is 3. The summed E-state index contributed by atoms with van der Waals surface area (Å²) in [5.74, 6) is 1.41. The molecule has 0 aliphatic heterocycles. The molecule has 0 saturated carbocycles. The summed E-state index contributed by atoms with van der Waals surface area (Å²) < 4.78 is 0. The van der Waals surface area contributed by atoms with Gasteiger partial charge in [0.2, 0.25) is 0 Å². The highest BCUT2D eigenvalue weighted by Gasteiger charge is 2.16. The van der Waals surface area contributed by atoms with E-state index < -0.39 is 0 Å². The Balaban J connectivity index is 1.78. The number of H-pyrrole nitrogens is 1. The van der Waals surface area contributed by atoms with Crippen LogP contribution in [0, 0.1) is 0 Å². The number of aromatic nitrogens is 3. The van der Waals surface area contributed by atoms with Crippen LogP contribution in [0.3, 0.4) is 0 Å². The largest absolute Gasteiger partial charge is 0.392 e. The summed E-state index contributed by atoms with van der Waals surface area (Å²) in [6.45, 7) is 1.78. The first-order valence-electron chi connectivity index (χ1n) is 9.53. The van der Waals surface area contributed by atoms with Gasteiger partial charge in [-0.3, -0.25) is 0 Å². The number of aliphatic hydroxyl groups excluding tert-OH is 1. The molecule has 0 saturated heterocycles. The second-order valence-electron chi connectivity index (χ2n) is 7.18. The molecule has 2 heterocycles. The SMILES string of the molecule is CN(C)CCCNc1nc(-c2[nH]c3ccccc3c2CO)nc2ccccc12. The molecule has 0 spiro atoms. The lowest BCUT2D eigenvalue weighted by Gasteiger charge is -2.13. The average molecular weight is 375 g/mol. The van der Waals surface area contributed by atoms with Crippen LogP contribution in [0.2, 0.25) is 0 Å². The molecule has 0 amide bonds. The zero-order valence-corrected chi connectivity index (χ0v) is 16.2. The molecule has 144 valence electrons. The van der Waals surface area contributed by atoms with Crippen molar-refractivity contribution in [3.05, 3.63) is 54.1 Å². The molecule has 0 atom stereocenters. The fraction of sp³-hybridized carbons (Fsp3) is 0.273. The highest BCUT2D eigenvalue weighted by molar-refractivity contribution is 5.93. The molecule has 0 aliphatic carbocycles. The van der Waals surface area contributed by atoms with E-state index in [1.54, 1.807) is 0 Å². The molecule has 4 aromatic rings. The summed E-state index contributed by atoms with van der Waals surface area (Å²) >= 11 is 0. The normalized spacial score (nSPS) is 11.6. The fourth-order valence-electron chi connectivity index (χ4n) is 3.48. The highest BCUT2D eigenvalue weighted by Crippen LogP contribution is 2.31. The van der Waals surface area contributed by atoms with Crippen LogP contribution in [0.5, 0.6) is 0 Å². The summed E-state index contributed by atoms with van der Waals surface area (Å²) in [5, 5.41) is 15.4. The Morgan fingerprint density at radius 3 is 2.54 bits per heavy atom. The molecule has 0 aliphatic rings. The molecule has 0 fully saturated rings.